The van der Waals surface area contributed by atoms with E-state index in [-0.39, 0.29) is 0 Å². The van der Waals surface area contributed by atoms with Crippen molar-refractivity contribution in [2.24, 2.45) is 0 Å². The maximum Gasteiger partial charge on any atom is 0.134 e. The molecule has 0 unspecified atom stereocenters. The van der Waals surface area contributed by atoms with Crippen LogP contribution in [0.3, 0.4) is 0 Å². The number of aromatic nitrogens is 2. The Morgan fingerprint density at radius 2 is 1.56 bits per heavy atom. The van der Waals surface area contributed by atoms with E-state index in [4.69, 9.17) is 4.98 Å². The van der Waals surface area contributed by atoms with E-state index in [9.17, 15) is 0 Å². The highest BCUT2D eigenvalue weighted by atomic mass is 79.9. The van der Waals surface area contributed by atoms with Crippen molar-refractivity contribution in [3.8, 4) is 0 Å². The molecule has 0 saturated heterocycles. The van der Waals surface area contributed by atoms with Crippen molar-refractivity contribution in [2.75, 3.05) is 0 Å². The minimum atomic E-state index is 0.799. The highest BCUT2D eigenvalue weighted by Gasteiger charge is 2.09. The predicted octanol–water partition coefficient (Wildman–Crippen LogP) is 6.02. The third-order valence-corrected chi connectivity index (χ3v) is 4.64. The predicted molar refractivity (Wildman–Crippen MR) is 108 cm³/mol. The van der Waals surface area contributed by atoms with E-state index in [1.54, 1.807) is 0 Å². The highest BCUT2D eigenvalue weighted by molar-refractivity contribution is 9.10. The first-order valence-corrected chi connectivity index (χ1v) is 9.02. The molecule has 0 N–H and O–H groups in total. The second-order valence-corrected chi connectivity index (χ2v) is 6.83. The molecule has 0 bridgehead atoms. The molecule has 0 spiro atoms. The van der Waals surface area contributed by atoms with Crippen molar-refractivity contribution < 1.29 is 0 Å². The number of nitrogens with zero attached hydrogens (tertiary/aromatic N) is 2. The summed E-state index contributed by atoms with van der Waals surface area (Å²) < 4.78 is 3.30. The Labute approximate surface area is 155 Å². The average molecular weight is 389 g/mol. The Hall–Kier alpha value is -2.65. The van der Waals surface area contributed by atoms with Crippen LogP contribution in [0.2, 0.25) is 0 Å². The molecule has 0 aliphatic heterocycles. The van der Waals surface area contributed by atoms with Gasteiger partial charge in [-0.05, 0) is 35.4 Å². The summed E-state index contributed by atoms with van der Waals surface area (Å²) in [6, 6.07) is 27.0. The maximum atomic E-state index is 4.83. The molecular formula is C22H17BrN2. The van der Waals surface area contributed by atoms with Crippen molar-refractivity contribution in [3.63, 3.8) is 0 Å². The fraction of sp³-hybridized carbons (Fsp3) is 0.0455. The molecule has 122 valence electrons. The maximum absolute atomic E-state index is 4.83. The Kier molecular flexibility index (Phi) is 4.49. The molecule has 0 radical (unpaired) electrons. The quantitative estimate of drug-likeness (QED) is 0.418. The Morgan fingerprint density at radius 3 is 2.32 bits per heavy atom. The lowest BCUT2D eigenvalue weighted by Crippen LogP contribution is -2.01. The SMILES string of the molecule is Brc1ccc2c(c1)nc(/C=C/c1ccccc1)n2Cc1ccccc1. The van der Waals surface area contributed by atoms with Crippen molar-refractivity contribution in [3.05, 3.63) is 100 Å². The molecule has 4 aromatic rings. The number of rotatable bonds is 4. The topological polar surface area (TPSA) is 17.8 Å². The van der Waals surface area contributed by atoms with Crippen LogP contribution in [0.15, 0.2) is 83.3 Å². The van der Waals surface area contributed by atoms with Gasteiger partial charge >= 0.3 is 0 Å². The molecule has 3 heteroatoms. The zero-order valence-corrected chi connectivity index (χ0v) is 15.2. The first kappa shape index (κ1) is 15.9. The van der Waals surface area contributed by atoms with Crippen LogP contribution < -0.4 is 0 Å². The van der Waals surface area contributed by atoms with Crippen molar-refractivity contribution in [1.82, 2.24) is 9.55 Å². The van der Waals surface area contributed by atoms with E-state index in [0.717, 1.165) is 27.9 Å². The summed E-state index contributed by atoms with van der Waals surface area (Å²) in [5.41, 5.74) is 4.57. The molecule has 25 heavy (non-hydrogen) atoms. The Morgan fingerprint density at radius 1 is 0.840 bits per heavy atom. The molecule has 0 aliphatic rings. The van der Waals surface area contributed by atoms with Crippen molar-refractivity contribution in [1.29, 1.82) is 0 Å². The normalized spacial score (nSPS) is 11.4. The molecule has 0 aliphatic carbocycles. The van der Waals surface area contributed by atoms with Crippen LogP contribution in [-0.2, 0) is 6.54 Å². The van der Waals surface area contributed by atoms with E-state index in [1.807, 2.05) is 24.3 Å². The van der Waals surface area contributed by atoms with Gasteiger partial charge in [-0.1, -0.05) is 82.7 Å². The minimum absolute atomic E-state index is 0.799. The van der Waals surface area contributed by atoms with Gasteiger partial charge in [0.25, 0.3) is 0 Å². The van der Waals surface area contributed by atoms with Crippen LogP contribution in [0.25, 0.3) is 23.2 Å². The van der Waals surface area contributed by atoms with Gasteiger partial charge in [0.1, 0.15) is 5.82 Å². The lowest BCUT2D eigenvalue weighted by Gasteiger charge is -2.07. The number of hydrogen-bond acceptors (Lipinski definition) is 1. The molecule has 2 nitrogen and oxygen atoms in total. The highest BCUT2D eigenvalue weighted by Crippen LogP contribution is 2.23. The summed E-state index contributed by atoms with van der Waals surface area (Å²) >= 11 is 3.54. The van der Waals surface area contributed by atoms with Crippen LogP contribution in [0, 0.1) is 0 Å². The standard InChI is InChI=1S/C22H17BrN2/c23-19-12-13-21-20(15-19)24-22(14-11-17-7-3-1-4-8-17)25(21)16-18-9-5-2-6-10-18/h1-15H,16H2/b14-11+. The molecule has 3 aromatic carbocycles. The monoisotopic (exact) mass is 388 g/mol. The number of benzene rings is 3. The van der Waals surface area contributed by atoms with Gasteiger partial charge in [-0.2, -0.15) is 0 Å². The molecule has 4 rings (SSSR count). The third kappa shape index (κ3) is 3.57. The van der Waals surface area contributed by atoms with Gasteiger partial charge < -0.3 is 4.57 Å². The summed E-state index contributed by atoms with van der Waals surface area (Å²) in [5.74, 6) is 0.959. The fourth-order valence-corrected chi connectivity index (χ4v) is 3.26. The van der Waals surface area contributed by atoms with Gasteiger partial charge in [0.2, 0.25) is 0 Å². The first-order chi connectivity index (χ1) is 12.3. The van der Waals surface area contributed by atoms with E-state index in [2.05, 4.69) is 87.2 Å². The van der Waals surface area contributed by atoms with E-state index >= 15 is 0 Å². The van der Waals surface area contributed by atoms with Crippen LogP contribution in [-0.4, -0.2) is 9.55 Å². The number of imidazole rings is 1. The molecule has 0 saturated carbocycles. The second kappa shape index (κ2) is 7.08. The Balaban J connectivity index is 1.79. The molecule has 0 atom stereocenters. The van der Waals surface area contributed by atoms with E-state index in [0.29, 0.717) is 0 Å². The summed E-state index contributed by atoms with van der Waals surface area (Å²) in [4.78, 5) is 4.83. The summed E-state index contributed by atoms with van der Waals surface area (Å²) in [6.07, 6.45) is 4.20. The van der Waals surface area contributed by atoms with Gasteiger partial charge in [-0.3, -0.25) is 0 Å². The lowest BCUT2D eigenvalue weighted by molar-refractivity contribution is 0.814. The van der Waals surface area contributed by atoms with Crippen LogP contribution in [0.1, 0.15) is 17.0 Å². The van der Waals surface area contributed by atoms with E-state index < -0.39 is 0 Å². The fourth-order valence-electron chi connectivity index (χ4n) is 2.92. The van der Waals surface area contributed by atoms with Crippen LogP contribution >= 0.6 is 15.9 Å². The first-order valence-electron chi connectivity index (χ1n) is 8.22. The Bertz CT molecular complexity index is 1020. The largest absolute Gasteiger partial charge is 0.320 e. The van der Waals surface area contributed by atoms with Crippen molar-refractivity contribution in [2.45, 2.75) is 6.54 Å². The average Bonchev–Trinajstić information content (AvgIpc) is 2.98. The summed E-state index contributed by atoms with van der Waals surface area (Å²) in [6.45, 7) is 0.799. The number of hydrogen-bond donors (Lipinski definition) is 0. The van der Waals surface area contributed by atoms with Crippen molar-refractivity contribution >= 4 is 39.1 Å². The van der Waals surface area contributed by atoms with Gasteiger partial charge in [-0.25, -0.2) is 4.98 Å². The molecule has 1 aromatic heterocycles. The number of fused-ring (bicyclic) bond motifs is 1. The number of halogens is 1. The summed E-state index contributed by atoms with van der Waals surface area (Å²) in [5, 5.41) is 0. The van der Waals surface area contributed by atoms with Gasteiger partial charge in [-0.15, -0.1) is 0 Å². The molecule has 0 amide bonds. The van der Waals surface area contributed by atoms with Gasteiger partial charge in [0, 0.05) is 11.0 Å². The molecule has 1 heterocycles. The third-order valence-electron chi connectivity index (χ3n) is 4.15. The zero-order valence-electron chi connectivity index (χ0n) is 13.6. The van der Waals surface area contributed by atoms with E-state index in [1.165, 1.54) is 11.1 Å². The smallest absolute Gasteiger partial charge is 0.134 e. The second-order valence-electron chi connectivity index (χ2n) is 5.92. The van der Waals surface area contributed by atoms with Gasteiger partial charge in [0.15, 0.2) is 0 Å². The van der Waals surface area contributed by atoms with Gasteiger partial charge in [0.05, 0.1) is 11.0 Å². The summed E-state index contributed by atoms with van der Waals surface area (Å²) in [7, 11) is 0. The molecule has 0 fully saturated rings. The van der Waals surface area contributed by atoms with Crippen LogP contribution in [0.5, 0.6) is 0 Å². The zero-order chi connectivity index (χ0) is 17.1. The van der Waals surface area contributed by atoms with Crippen LogP contribution in [0.4, 0.5) is 0 Å². The molecular weight excluding hydrogens is 372 g/mol. The lowest BCUT2D eigenvalue weighted by atomic mass is 10.2. The minimum Gasteiger partial charge on any atom is -0.320 e.